The van der Waals surface area contributed by atoms with Gasteiger partial charge < -0.3 is 14.8 Å². The number of hydrogen-bond donors (Lipinski definition) is 1. The van der Waals surface area contributed by atoms with Crippen molar-refractivity contribution < 1.29 is 14.3 Å². The molecule has 1 amide bonds. The molecule has 26 heavy (non-hydrogen) atoms. The molecule has 0 aliphatic heterocycles. The lowest BCUT2D eigenvalue weighted by atomic mass is 10.1. The second-order valence-corrected chi connectivity index (χ2v) is 5.61. The Morgan fingerprint density at radius 1 is 1.19 bits per heavy atom. The van der Waals surface area contributed by atoms with Crippen molar-refractivity contribution in [3.63, 3.8) is 0 Å². The number of nitriles is 1. The molecular weight excluding hydrogens is 328 g/mol. The Balaban J connectivity index is 1.99. The maximum Gasteiger partial charge on any atom is 0.248 e. The van der Waals surface area contributed by atoms with E-state index in [9.17, 15) is 4.79 Å². The fourth-order valence-corrected chi connectivity index (χ4v) is 2.27. The summed E-state index contributed by atoms with van der Waals surface area (Å²) in [6.45, 7) is 2.67. The summed E-state index contributed by atoms with van der Waals surface area (Å²) in [6, 6.07) is 14.8. The summed E-state index contributed by atoms with van der Waals surface area (Å²) >= 11 is 0. The fourth-order valence-electron chi connectivity index (χ4n) is 2.27. The monoisotopic (exact) mass is 350 g/mol. The predicted octanol–water partition coefficient (Wildman–Crippen LogP) is 4.20. The molecule has 0 aliphatic rings. The Kier molecular flexibility index (Phi) is 7.26. The molecule has 134 valence electrons. The fraction of sp³-hybridized carbons (Fsp3) is 0.238. The highest BCUT2D eigenvalue weighted by molar-refractivity contribution is 6.01. The quantitative estimate of drug-likeness (QED) is 0.724. The van der Waals surface area contributed by atoms with E-state index in [1.807, 2.05) is 37.3 Å². The number of hydrogen-bond acceptors (Lipinski definition) is 4. The molecule has 2 aromatic carbocycles. The van der Waals surface area contributed by atoms with E-state index >= 15 is 0 Å². The first kappa shape index (κ1) is 19.1. The smallest absolute Gasteiger partial charge is 0.248 e. The molecule has 5 heteroatoms. The number of anilines is 1. The first-order valence-electron chi connectivity index (χ1n) is 8.42. The molecule has 0 spiro atoms. The molecule has 1 N–H and O–H groups in total. The van der Waals surface area contributed by atoms with Gasteiger partial charge in [-0.15, -0.1) is 0 Å². The van der Waals surface area contributed by atoms with Crippen molar-refractivity contribution in [1.29, 1.82) is 5.26 Å². The van der Waals surface area contributed by atoms with Crippen LogP contribution in [0.15, 0.2) is 48.5 Å². The van der Waals surface area contributed by atoms with Crippen molar-refractivity contribution in [3.8, 4) is 17.6 Å². The molecule has 0 fully saturated rings. The Labute approximate surface area is 153 Å². The van der Waals surface area contributed by atoms with Crippen LogP contribution in [0.1, 0.15) is 24.5 Å². The minimum atomic E-state index is -0.233. The van der Waals surface area contributed by atoms with Crippen LogP contribution in [0.5, 0.6) is 11.5 Å². The van der Waals surface area contributed by atoms with Crippen molar-refractivity contribution in [3.05, 3.63) is 59.7 Å². The third kappa shape index (κ3) is 5.67. The number of carbonyl (C=O) groups excluding carboxylic acids is 1. The number of carbonyl (C=O) groups is 1. The Morgan fingerprint density at radius 3 is 2.62 bits per heavy atom. The standard InChI is InChI=1S/C21H22N2O3/c1-3-14-26-19-10-6-17(15-20(19)25-2)7-11-21(24)23-18-8-4-16(5-9-18)12-13-22/h4-11,15H,3,12,14H2,1-2H3,(H,23,24)/b11-7+. The lowest BCUT2D eigenvalue weighted by Crippen LogP contribution is -2.07. The minimum absolute atomic E-state index is 0.233. The molecule has 0 unspecified atom stereocenters. The topological polar surface area (TPSA) is 71.3 Å². The first-order valence-corrected chi connectivity index (χ1v) is 8.42. The highest BCUT2D eigenvalue weighted by atomic mass is 16.5. The van der Waals surface area contributed by atoms with Gasteiger partial charge in [0.1, 0.15) is 0 Å². The van der Waals surface area contributed by atoms with Gasteiger partial charge in [0.2, 0.25) is 5.91 Å². The van der Waals surface area contributed by atoms with Crippen molar-refractivity contribution >= 4 is 17.7 Å². The number of benzene rings is 2. The van der Waals surface area contributed by atoms with E-state index in [1.165, 1.54) is 6.08 Å². The summed E-state index contributed by atoms with van der Waals surface area (Å²) in [5.41, 5.74) is 2.44. The van der Waals surface area contributed by atoms with Crippen LogP contribution in [0.25, 0.3) is 6.08 Å². The molecule has 0 bridgehead atoms. The van der Waals surface area contributed by atoms with Crippen molar-refractivity contribution in [1.82, 2.24) is 0 Å². The van der Waals surface area contributed by atoms with E-state index in [4.69, 9.17) is 14.7 Å². The molecule has 0 saturated carbocycles. The molecule has 0 saturated heterocycles. The Bertz CT molecular complexity index is 805. The largest absolute Gasteiger partial charge is 0.493 e. The number of amides is 1. The molecule has 2 aromatic rings. The summed E-state index contributed by atoms with van der Waals surface area (Å²) in [4.78, 5) is 12.1. The number of nitrogens with one attached hydrogen (secondary N) is 1. The van der Waals surface area contributed by atoms with Crippen molar-refractivity contribution in [2.24, 2.45) is 0 Å². The van der Waals surface area contributed by atoms with Gasteiger partial charge in [-0.25, -0.2) is 0 Å². The normalized spacial score (nSPS) is 10.3. The lowest BCUT2D eigenvalue weighted by Gasteiger charge is -2.10. The van der Waals surface area contributed by atoms with Gasteiger partial charge in [-0.05, 0) is 47.9 Å². The van der Waals surface area contributed by atoms with Gasteiger partial charge in [-0.2, -0.15) is 5.26 Å². The zero-order valence-electron chi connectivity index (χ0n) is 15.0. The third-order valence-electron chi connectivity index (χ3n) is 3.58. The van der Waals surface area contributed by atoms with E-state index in [-0.39, 0.29) is 5.91 Å². The van der Waals surface area contributed by atoms with Crippen molar-refractivity contribution in [2.75, 3.05) is 19.0 Å². The maximum atomic E-state index is 12.1. The zero-order valence-corrected chi connectivity index (χ0v) is 15.0. The van der Waals surface area contributed by atoms with Crippen LogP contribution in [0, 0.1) is 11.3 Å². The van der Waals surface area contributed by atoms with Gasteiger partial charge in [-0.3, -0.25) is 4.79 Å². The second-order valence-electron chi connectivity index (χ2n) is 5.61. The van der Waals surface area contributed by atoms with E-state index < -0.39 is 0 Å². The Morgan fingerprint density at radius 2 is 1.96 bits per heavy atom. The van der Waals surface area contributed by atoms with Crippen LogP contribution >= 0.6 is 0 Å². The molecule has 0 heterocycles. The van der Waals surface area contributed by atoms with Crippen LogP contribution in [0.2, 0.25) is 0 Å². The molecule has 0 aromatic heterocycles. The van der Waals surface area contributed by atoms with E-state index in [1.54, 1.807) is 25.3 Å². The number of rotatable bonds is 8. The van der Waals surface area contributed by atoms with Crippen LogP contribution in [-0.4, -0.2) is 19.6 Å². The SMILES string of the molecule is CCCOc1ccc(/C=C/C(=O)Nc2ccc(CC#N)cc2)cc1OC. The third-order valence-corrected chi connectivity index (χ3v) is 3.58. The van der Waals surface area contributed by atoms with Crippen LogP contribution in [0.4, 0.5) is 5.69 Å². The van der Waals surface area contributed by atoms with Gasteiger partial charge in [-0.1, -0.05) is 25.1 Å². The van der Waals surface area contributed by atoms with Crippen LogP contribution in [0.3, 0.4) is 0 Å². The maximum absolute atomic E-state index is 12.1. The molecule has 5 nitrogen and oxygen atoms in total. The van der Waals surface area contributed by atoms with Gasteiger partial charge in [0.15, 0.2) is 11.5 Å². The molecular formula is C21H22N2O3. The number of methoxy groups -OCH3 is 1. The van der Waals surface area contributed by atoms with Gasteiger partial charge >= 0.3 is 0 Å². The number of nitrogens with zero attached hydrogens (tertiary/aromatic N) is 1. The lowest BCUT2D eigenvalue weighted by molar-refractivity contribution is -0.111. The van der Waals surface area contributed by atoms with Crippen LogP contribution in [-0.2, 0) is 11.2 Å². The predicted molar refractivity (Wildman–Crippen MR) is 102 cm³/mol. The van der Waals surface area contributed by atoms with Gasteiger partial charge in [0.25, 0.3) is 0 Å². The average molecular weight is 350 g/mol. The number of ether oxygens (including phenoxy) is 2. The van der Waals surface area contributed by atoms with Gasteiger partial charge in [0, 0.05) is 11.8 Å². The van der Waals surface area contributed by atoms with E-state index in [2.05, 4.69) is 11.4 Å². The molecule has 0 aliphatic carbocycles. The highest BCUT2D eigenvalue weighted by Gasteiger charge is 2.05. The molecule has 0 atom stereocenters. The van der Waals surface area contributed by atoms with Crippen LogP contribution < -0.4 is 14.8 Å². The van der Waals surface area contributed by atoms with Crippen molar-refractivity contribution in [2.45, 2.75) is 19.8 Å². The summed E-state index contributed by atoms with van der Waals surface area (Å²) in [7, 11) is 1.59. The first-order chi connectivity index (χ1) is 12.7. The van der Waals surface area contributed by atoms with Gasteiger partial charge in [0.05, 0.1) is 26.2 Å². The molecule has 0 radical (unpaired) electrons. The highest BCUT2D eigenvalue weighted by Crippen LogP contribution is 2.28. The van der Waals surface area contributed by atoms with E-state index in [0.717, 1.165) is 17.5 Å². The summed E-state index contributed by atoms with van der Waals surface area (Å²) in [5.74, 6) is 1.09. The summed E-state index contributed by atoms with van der Waals surface area (Å²) < 4.78 is 10.9. The van der Waals surface area contributed by atoms with E-state index in [0.29, 0.717) is 30.2 Å². The summed E-state index contributed by atoms with van der Waals surface area (Å²) in [6.07, 6.45) is 4.45. The minimum Gasteiger partial charge on any atom is -0.493 e. The average Bonchev–Trinajstić information content (AvgIpc) is 2.66. The summed E-state index contributed by atoms with van der Waals surface area (Å²) in [5, 5.41) is 11.4. The second kappa shape index (κ2) is 9.90. The zero-order chi connectivity index (χ0) is 18.8. The Hall–Kier alpha value is -3.26. The molecule has 2 rings (SSSR count).